The molecule has 0 radical (unpaired) electrons. The van der Waals surface area contributed by atoms with Crippen LogP contribution in [0, 0.1) is 0 Å². The van der Waals surface area contributed by atoms with Crippen molar-refractivity contribution in [3.63, 3.8) is 0 Å². The third kappa shape index (κ3) is 11.7. The summed E-state index contributed by atoms with van der Waals surface area (Å²) >= 11 is 2.64. The quantitative estimate of drug-likeness (QED) is 0.0693. The summed E-state index contributed by atoms with van der Waals surface area (Å²) in [5.41, 5.74) is 2.46. The van der Waals surface area contributed by atoms with Crippen LogP contribution in [0.5, 0.6) is 5.75 Å². The molecular formula is C33H24F9O2PS2. The fourth-order valence-corrected chi connectivity index (χ4v) is 6.14. The molecule has 0 atom stereocenters. The molecule has 0 saturated heterocycles. The molecule has 5 rings (SSSR count). The topological polar surface area (TPSA) is 30.6 Å². The van der Waals surface area contributed by atoms with Crippen LogP contribution in [-0.4, -0.2) is 17.7 Å². The zero-order valence-electron chi connectivity index (χ0n) is 24.1. The predicted molar refractivity (Wildman–Crippen MR) is 170 cm³/mol. The van der Waals surface area contributed by atoms with Gasteiger partial charge < -0.3 is 4.74 Å². The first-order chi connectivity index (χ1) is 21.8. The molecule has 5 aromatic carbocycles. The third-order valence-corrected chi connectivity index (χ3v) is 8.30. The molecule has 2 nitrogen and oxygen atoms in total. The van der Waals surface area contributed by atoms with Crippen LogP contribution in [-0.2, 0) is 6.18 Å². The first kappa shape index (κ1) is 35.9. The van der Waals surface area contributed by atoms with Crippen LogP contribution in [0.3, 0.4) is 0 Å². The van der Waals surface area contributed by atoms with E-state index in [1.807, 2.05) is 84.9 Å². The Balaban J connectivity index is 0.000000644. The van der Waals surface area contributed by atoms with E-state index in [9.17, 15) is 43.1 Å². The van der Waals surface area contributed by atoms with Crippen molar-refractivity contribution >= 4 is 37.1 Å². The van der Waals surface area contributed by atoms with E-state index in [-0.39, 0.29) is 10.7 Å². The number of ether oxygens (including phenoxy) is 1. The van der Waals surface area contributed by atoms with E-state index < -0.39 is 19.5 Å². The van der Waals surface area contributed by atoms with Gasteiger partial charge in [0.2, 0.25) is 0 Å². The molecule has 0 aromatic heterocycles. The Hall–Kier alpha value is -3.93. The molecule has 1 N–H and O–H groups in total. The number of hydrogen-bond acceptors (Lipinski definition) is 3. The van der Waals surface area contributed by atoms with E-state index >= 15 is 0 Å². The molecule has 248 valence electrons. The van der Waals surface area contributed by atoms with Crippen molar-refractivity contribution in [2.24, 2.45) is 0 Å². The van der Waals surface area contributed by atoms with Gasteiger partial charge in [-0.05, 0) is 83.9 Å². The summed E-state index contributed by atoms with van der Waals surface area (Å²) in [6.07, 6.45) is -4.44. The molecule has 14 heteroatoms. The van der Waals surface area contributed by atoms with Gasteiger partial charge in [-0.3, -0.25) is 4.79 Å². The van der Waals surface area contributed by atoms with Crippen LogP contribution in [0.25, 0.3) is 11.1 Å². The average Bonchev–Trinajstić information content (AvgIpc) is 3.00. The van der Waals surface area contributed by atoms with Gasteiger partial charge in [0.15, 0.2) is 0 Å². The number of rotatable bonds is 8. The van der Waals surface area contributed by atoms with Crippen LogP contribution in [0.4, 0.5) is 38.4 Å². The summed E-state index contributed by atoms with van der Waals surface area (Å²) in [5, 5.41) is 0. The Kier molecular flexibility index (Phi) is 10.2. The molecule has 0 bridgehead atoms. The fourth-order valence-electron chi connectivity index (χ4n) is 4.17. The normalized spacial score (nSPS) is 13.1. The second-order valence-corrected chi connectivity index (χ2v) is 13.9. The number of carbonyl (C=O) groups excluding carboxylic acids is 1. The minimum atomic E-state index is -10.7. The molecule has 0 fully saturated rings. The van der Waals surface area contributed by atoms with Crippen molar-refractivity contribution in [1.29, 1.82) is 0 Å². The molecule has 0 spiro atoms. The van der Waals surface area contributed by atoms with E-state index in [4.69, 9.17) is 4.74 Å². The molecule has 0 aliphatic carbocycles. The summed E-state index contributed by atoms with van der Waals surface area (Å²) in [5.74, 6) is 0.835. The number of methoxy groups -OCH3 is 1. The molecule has 0 heterocycles. The van der Waals surface area contributed by atoms with Gasteiger partial charge in [0, 0.05) is 19.6 Å². The van der Waals surface area contributed by atoms with Crippen molar-refractivity contribution < 1.29 is 47.9 Å². The van der Waals surface area contributed by atoms with Crippen molar-refractivity contribution in [3.05, 3.63) is 138 Å². The molecule has 0 aliphatic heterocycles. The van der Waals surface area contributed by atoms with Gasteiger partial charge in [-0.25, -0.2) is 0 Å². The Morgan fingerprint density at radius 1 is 0.617 bits per heavy atom. The zero-order chi connectivity index (χ0) is 34.5. The average molecular weight is 719 g/mol. The molecular weight excluding hydrogens is 694 g/mol. The predicted octanol–water partition coefficient (Wildman–Crippen LogP) is 13.0. The third-order valence-electron chi connectivity index (χ3n) is 6.15. The van der Waals surface area contributed by atoms with Gasteiger partial charge in [0.25, 0.3) is 0 Å². The number of hydrogen-bond donors (Lipinski definition) is 0. The van der Waals surface area contributed by atoms with Gasteiger partial charge in [-0.2, -0.15) is 13.2 Å². The maximum atomic E-state index is 13.6. The minimum absolute atomic E-state index is 0.143. The SMILES string of the molecule is COc1ccc(Sc2ccccc2C(F)(F)F)c(-c2ccc(Sc3cccc(C(=[OH+])c4ccccc4)c3)cc2)c1.F[P-](F)(F)(F)(F)F. The van der Waals surface area contributed by atoms with Crippen molar-refractivity contribution in [1.82, 2.24) is 0 Å². The van der Waals surface area contributed by atoms with Crippen molar-refractivity contribution in [2.45, 2.75) is 25.8 Å². The van der Waals surface area contributed by atoms with Crippen molar-refractivity contribution in [2.75, 3.05) is 7.11 Å². The monoisotopic (exact) mass is 718 g/mol. The molecule has 0 unspecified atom stereocenters. The van der Waals surface area contributed by atoms with E-state index in [1.165, 1.54) is 12.1 Å². The molecule has 5 aromatic rings. The van der Waals surface area contributed by atoms with Crippen LogP contribution in [0.2, 0.25) is 0 Å². The summed E-state index contributed by atoms with van der Waals surface area (Å²) in [7, 11) is -9.10. The first-order valence-electron chi connectivity index (χ1n) is 13.4. The van der Waals surface area contributed by atoms with Gasteiger partial charge in [0.1, 0.15) is 5.75 Å². The van der Waals surface area contributed by atoms with E-state index in [1.54, 1.807) is 37.1 Å². The Morgan fingerprint density at radius 2 is 1.21 bits per heavy atom. The number of halogens is 9. The van der Waals surface area contributed by atoms with Gasteiger partial charge >= 0.3 is 44.9 Å². The first-order valence-corrected chi connectivity index (χ1v) is 17.0. The van der Waals surface area contributed by atoms with E-state index in [0.717, 1.165) is 49.9 Å². The second-order valence-electron chi connectivity index (χ2n) is 9.79. The fraction of sp³-hybridized carbons (Fsp3) is 0.0606. The Labute approximate surface area is 272 Å². The number of alkyl halides is 3. The molecule has 0 amide bonds. The van der Waals surface area contributed by atoms with Crippen LogP contribution in [0.1, 0.15) is 16.7 Å². The van der Waals surface area contributed by atoms with Crippen LogP contribution in [0.15, 0.2) is 141 Å². The molecule has 0 aliphatic rings. The van der Waals surface area contributed by atoms with Gasteiger partial charge in [-0.1, -0.05) is 72.1 Å². The number of ketones is 1. The van der Waals surface area contributed by atoms with E-state index in [2.05, 4.69) is 0 Å². The molecule has 47 heavy (non-hydrogen) atoms. The van der Waals surface area contributed by atoms with Crippen molar-refractivity contribution in [3.8, 4) is 16.9 Å². The van der Waals surface area contributed by atoms with Crippen LogP contribution < -0.4 is 4.74 Å². The van der Waals surface area contributed by atoms with Crippen LogP contribution >= 0.6 is 31.3 Å². The second kappa shape index (κ2) is 13.3. The van der Waals surface area contributed by atoms with E-state index in [0.29, 0.717) is 10.6 Å². The van der Waals surface area contributed by atoms with Gasteiger partial charge in [0.05, 0.1) is 23.8 Å². The molecule has 0 saturated carbocycles. The number of benzene rings is 5. The zero-order valence-corrected chi connectivity index (χ0v) is 26.6. The Morgan fingerprint density at radius 3 is 1.83 bits per heavy atom. The summed E-state index contributed by atoms with van der Waals surface area (Å²) in [4.78, 5) is 13.5. The van der Waals surface area contributed by atoms with Gasteiger partial charge in [-0.15, -0.1) is 0 Å². The standard InChI is InChI=1S/C33H23F3O2S2.F6P/c1-38-25-16-19-30(40-31-13-6-5-12-29(31)33(34,35)36)28(21-25)22-14-17-26(18-15-22)39-27-11-7-10-24(20-27)32(37)23-8-3-2-4-9-23;1-7(2,3,4,5)6/h2-21H,1H3;/q;-1/p+1. The summed E-state index contributed by atoms with van der Waals surface area (Å²) < 4.78 is 105. The summed E-state index contributed by atoms with van der Waals surface area (Å²) in [6, 6.07) is 35.9. The summed E-state index contributed by atoms with van der Waals surface area (Å²) in [6.45, 7) is 0. The Bertz CT molecular complexity index is 1850. The maximum absolute atomic E-state index is 13.6.